The van der Waals surface area contributed by atoms with E-state index in [-0.39, 0.29) is 23.5 Å². The predicted molar refractivity (Wildman–Crippen MR) is 75.7 cm³/mol. The Balaban J connectivity index is 1.90. The number of aliphatic hydroxyl groups excluding tert-OH is 1. The van der Waals surface area contributed by atoms with E-state index in [4.69, 9.17) is 11.6 Å². The summed E-state index contributed by atoms with van der Waals surface area (Å²) in [5, 5.41) is 12.9. The van der Waals surface area contributed by atoms with Gasteiger partial charge < -0.3 is 10.4 Å². The van der Waals surface area contributed by atoms with E-state index < -0.39 is 0 Å². The summed E-state index contributed by atoms with van der Waals surface area (Å²) in [6.45, 7) is 3.22. The van der Waals surface area contributed by atoms with Crippen molar-refractivity contribution in [3.63, 3.8) is 0 Å². The van der Waals surface area contributed by atoms with Gasteiger partial charge in [-0.3, -0.25) is 0 Å². The molecule has 2 N–H and O–H groups in total. The fraction of sp³-hybridized carbons (Fsp3) is 0.600. The highest BCUT2D eigenvalue weighted by Gasteiger charge is 2.26. The second kappa shape index (κ2) is 6.69. The van der Waals surface area contributed by atoms with Crippen LogP contribution in [0, 0.1) is 17.7 Å². The summed E-state index contributed by atoms with van der Waals surface area (Å²) in [7, 11) is 0. The molecule has 0 bridgehead atoms. The molecule has 1 aromatic rings. The Hall–Kier alpha value is -0.640. The average molecular weight is 286 g/mol. The molecule has 3 unspecified atom stereocenters. The van der Waals surface area contributed by atoms with Crippen LogP contribution in [0.2, 0.25) is 5.02 Å². The summed E-state index contributed by atoms with van der Waals surface area (Å²) in [4.78, 5) is 0. The number of aliphatic hydroxyl groups is 1. The highest BCUT2D eigenvalue weighted by atomic mass is 35.5. The monoisotopic (exact) mass is 285 g/mol. The molecule has 106 valence electrons. The number of rotatable bonds is 5. The molecule has 1 saturated carbocycles. The molecule has 1 aliphatic carbocycles. The van der Waals surface area contributed by atoms with E-state index in [1.54, 1.807) is 12.1 Å². The fourth-order valence-corrected chi connectivity index (χ4v) is 3.04. The summed E-state index contributed by atoms with van der Waals surface area (Å²) in [5.41, 5.74) is 0.991. The van der Waals surface area contributed by atoms with E-state index in [2.05, 4.69) is 5.32 Å². The first kappa shape index (κ1) is 14.8. The minimum Gasteiger partial charge on any atom is -0.396 e. The van der Waals surface area contributed by atoms with Crippen molar-refractivity contribution in [2.24, 2.45) is 11.8 Å². The maximum Gasteiger partial charge on any atom is 0.141 e. The molecule has 1 aliphatic rings. The van der Waals surface area contributed by atoms with Crippen molar-refractivity contribution >= 4 is 11.6 Å². The van der Waals surface area contributed by atoms with Crippen molar-refractivity contribution in [3.8, 4) is 0 Å². The highest BCUT2D eigenvalue weighted by molar-refractivity contribution is 6.30. The lowest BCUT2D eigenvalue weighted by Crippen LogP contribution is -2.28. The third-order valence-electron chi connectivity index (χ3n) is 4.18. The summed E-state index contributed by atoms with van der Waals surface area (Å²) >= 11 is 5.79. The van der Waals surface area contributed by atoms with Crippen LogP contribution in [-0.2, 0) is 0 Å². The molecule has 0 heterocycles. The third-order valence-corrected chi connectivity index (χ3v) is 4.47. The van der Waals surface area contributed by atoms with Crippen LogP contribution in [0.1, 0.15) is 37.8 Å². The van der Waals surface area contributed by atoms with Gasteiger partial charge in [-0.15, -0.1) is 0 Å². The van der Waals surface area contributed by atoms with Crippen LogP contribution in [0.3, 0.4) is 0 Å². The van der Waals surface area contributed by atoms with E-state index in [0.29, 0.717) is 11.8 Å². The van der Waals surface area contributed by atoms with Gasteiger partial charge in [0.1, 0.15) is 5.82 Å². The van der Waals surface area contributed by atoms with Gasteiger partial charge in [-0.1, -0.05) is 24.1 Å². The summed E-state index contributed by atoms with van der Waals surface area (Å²) in [5.74, 6) is 0.591. The lowest BCUT2D eigenvalue weighted by atomic mass is 9.96. The second-order valence-corrected chi connectivity index (χ2v) is 5.84. The van der Waals surface area contributed by atoms with Gasteiger partial charge >= 0.3 is 0 Å². The molecule has 1 fully saturated rings. The average Bonchev–Trinajstić information content (AvgIpc) is 2.86. The molecule has 19 heavy (non-hydrogen) atoms. The quantitative estimate of drug-likeness (QED) is 0.867. The summed E-state index contributed by atoms with van der Waals surface area (Å²) in [6, 6.07) is 4.98. The number of hydrogen-bond acceptors (Lipinski definition) is 2. The Morgan fingerprint density at radius 2 is 2.16 bits per heavy atom. The van der Waals surface area contributed by atoms with E-state index in [1.165, 1.54) is 18.9 Å². The summed E-state index contributed by atoms with van der Waals surface area (Å²) < 4.78 is 13.1. The first-order chi connectivity index (χ1) is 9.11. The molecular weight excluding hydrogens is 265 g/mol. The number of benzene rings is 1. The molecule has 4 heteroatoms. The second-order valence-electron chi connectivity index (χ2n) is 5.44. The zero-order chi connectivity index (χ0) is 13.8. The van der Waals surface area contributed by atoms with Crippen LogP contribution in [0.4, 0.5) is 4.39 Å². The van der Waals surface area contributed by atoms with Crippen molar-refractivity contribution in [3.05, 3.63) is 34.6 Å². The smallest absolute Gasteiger partial charge is 0.141 e. The van der Waals surface area contributed by atoms with Gasteiger partial charge in [0.05, 0.1) is 5.02 Å². The first-order valence-corrected chi connectivity index (χ1v) is 7.28. The first-order valence-electron chi connectivity index (χ1n) is 6.91. The number of halogens is 2. The van der Waals surface area contributed by atoms with Gasteiger partial charge in [-0.2, -0.15) is 0 Å². The molecule has 2 rings (SSSR count). The van der Waals surface area contributed by atoms with Gasteiger partial charge in [-0.05, 0) is 55.8 Å². The largest absolute Gasteiger partial charge is 0.396 e. The van der Waals surface area contributed by atoms with Crippen LogP contribution in [-0.4, -0.2) is 18.3 Å². The van der Waals surface area contributed by atoms with Gasteiger partial charge in [-0.25, -0.2) is 4.39 Å². The molecular formula is C15H21ClFNO. The molecule has 0 amide bonds. The topological polar surface area (TPSA) is 32.3 Å². The Bertz CT molecular complexity index is 427. The lowest BCUT2D eigenvalue weighted by molar-refractivity contribution is 0.190. The molecule has 0 spiro atoms. The maximum absolute atomic E-state index is 13.1. The lowest BCUT2D eigenvalue weighted by Gasteiger charge is -2.21. The van der Waals surface area contributed by atoms with Crippen LogP contribution >= 0.6 is 11.6 Å². The number of hydrogen-bond donors (Lipinski definition) is 2. The van der Waals surface area contributed by atoms with E-state index in [9.17, 15) is 9.50 Å². The van der Waals surface area contributed by atoms with Gasteiger partial charge in [0.2, 0.25) is 0 Å². The van der Waals surface area contributed by atoms with Crippen LogP contribution in [0.5, 0.6) is 0 Å². The SMILES string of the molecule is CC(NCC1CCCC1CO)c1ccc(F)c(Cl)c1. The molecule has 1 aromatic carbocycles. The highest BCUT2D eigenvalue weighted by Crippen LogP contribution is 2.31. The van der Waals surface area contributed by atoms with E-state index in [0.717, 1.165) is 18.5 Å². The van der Waals surface area contributed by atoms with E-state index in [1.807, 2.05) is 6.92 Å². The normalized spacial score (nSPS) is 24.6. The fourth-order valence-electron chi connectivity index (χ4n) is 2.85. The zero-order valence-corrected chi connectivity index (χ0v) is 12.0. The van der Waals surface area contributed by atoms with Gasteiger partial charge in [0, 0.05) is 12.6 Å². The Morgan fingerprint density at radius 1 is 1.42 bits per heavy atom. The van der Waals surface area contributed by atoms with Crippen molar-refractivity contribution in [2.45, 2.75) is 32.2 Å². The maximum atomic E-state index is 13.1. The minimum absolute atomic E-state index is 0.137. The Labute approximate surface area is 119 Å². The van der Waals surface area contributed by atoms with Gasteiger partial charge in [0.15, 0.2) is 0 Å². The molecule has 0 saturated heterocycles. The Kier molecular flexibility index (Phi) is 5.20. The van der Waals surface area contributed by atoms with Crippen molar-refractivity contribution in [1.82, 2.24) is 5.32 Å². The molecule has 0 radical (unpaired) electrons. The van der Waals surface area contributed by atoms with Crippen LogP contribution in [0.15, 0.2) is 18.2 Å². The standard InChI is InChI=1S/C15H21ClFNO/c1-10(11-5-6-15(17)14(16)7-11)18-8-12-3-2-4-13(12)9-19/h5-7,10,12-13,18-19H,2-4,8-9H2,1H3. The molecule has 0 aromatic heterocycles. The molecule has 0 aliphatic heterocycles. The molecule has 3 atom stereocenters. The Morgan fingerprint density at radius 3 is 2.84 bits per heavy atom. The van der Waals surface area contributed by atoms with Crippen LogP contribution in [0.25, 0.3) is 0 Å². The third kappa shape index (κ3) is 3.68. The number of nitrogens with one attached hydrogen (secondary N) is 1. The van der Waals surface area contributed by atoms with Crippen molar-refractivity contribution < 1.29 is 9.50 Å². The van der Waals surface area contributed by atoms with Gasteiger partial charge in [0.25, 0.3) is 0 Å². The van der Waals surface area contributed by atoms with Crippen molar-refractivity contribution in [2.75, 3.05) is 13.2 Å². The zero-order valence-electron chi connectivity index (χ0n) is 11.2. The molecule has 2 nitrogen and oxygen atoms in total. The van der Waals surface area contributed by atoms with Crippen molar-refractivity contribution in [1.29, 1.82) is 0 Å². The summed E-state index contributed by atoms with van der Waals surface area (Å²) in [6.07, 6.45) is 3.50. The predicted octanol–water partition coefficient (Wildman–Crippen LogP) is 3.54. The minimum atomic E-state index is -0.381. The van der Waals surface area contributed by atoms with E-state index >= 15 is 0 Å². The van der Waals surface area contributed by atoms with Crippen LogP contribution < -0.4 is 5.32 Å².